The van der Waals surface area contributed by atoms with Gasteiger partial charge in [-0.15, -0.1) is 0 Å². The number of halogens is 2. The highest BCUT2D eigenvalue weighted by Crippen LogP contribution is 2.25. The van der Waals surface area contributed by atoms with Crippen LogP contribution in [-0.2, 0) is 10.0 Å². The molecule has 0 radical (unpaired) electrons. The van der Waals surface area contributed by atoms with E-state index in [-0.39, 0.29) is 15.4 Å². The van der Waals surface area contributed by atoms with Crippen LogP contribution in [0.5, 0.6) is 0 Å². The summed E-state index contributed by atoms with van der Waals surface area (Å²) in [6.45, 7) is 2.12. The fourth-order valence-corrected chi connectivity index (χ4v) is 4.01. The molecule has 2 atom stereocenters. The van der Waals surface area contributed by atoms with Gasteiger partial charge < -0.3 is 0 Å². The van der Waals surface area contributed by atoms with Crippen molar-refractivity contribution in [3.8, 4) is 0 Å². The average molecular weight is 350 g/mol. The lowest BCUT2D eigenvalue weighted by Gasteiger charge is -2.27. The minimum absolute atomic E-state index is 0.0218. The minimum Gasteiger partial charge on any atom is -0.208 e. The van der Waals surface area contributed by atoms with Crippen LogP contribution in [0.3, 0.4) is 0 Å². The highest BCUT2D eigenvalue weighted by molar-refractivity contribution is 9.10. The molecule has 1 N–H and O–H groups in total. The van der Waals surface area contributed by atoms with E-state index in [9.17, 15) is 12.8 Å². The highest BCUT2D eigenvalue weighted by Gasteiger charge is 2.25. The first-order valence-corrected chi connectivity index (χ1v) is 8.63. The molecule has 1 fully saturated rings. The van der Waals surface area contributed by atoms with E-state index >= 15 is 0 Å². The molecule has 0 amide bonds. The van der Waals surface area contributed by atoms with Crippen molar-refractivity contribution in [3.05, 3.63) is 28.5 Å². The summed E-state index contributed by atoms with van der Waals surface area (Å²) in [5, 5.41) is 0. The summed E-state index contributed by atoms with van der Waals surface area (Å²) in [7, 11) is -3.63. The molecule has 0 aliphatic heterocycles. The van der Waals surface area contributed by atoms with Gasteiger partial charge in [-0.1, -0.05) is 19.8 Å². The van der Waals surface area contributed by atoms with Crippen molar-refractivity contribution in [2.75, 3.05) is 0 Å². The molecule has 1 aliphatic carbocycles. The molecule has 1 aromatic rings. The van der Waals surface area contributed by atoms with E-state index in [0.29, 0.717) is 5.92 Å². The van der Waals surface area contributed by atoms with Gasteiger partial charge in [-0.25, -0.2) is 17.5 Å². The molecule has 106 valence electrons. The zero-order valence-electron chi connectivity index (χ0n) is 10.7. The molecule has 2 unspecified atom stereocenters. The molecule has 1 aromatic carbocycles. The van der Waals surface area contributed by atoms with Crippen LogP contribution < -0.4 is 4.72 Å². The smallest absolute Gasteiger partial charge is 0.208 e. The molecule has 1 aliphatic rings. The summed E-state index contributed by atoms with van der Waals surface area (Å²) < 4.78 is 40.7. The van der Waals surface area contributed by atoms with Gasteiger partial charge in [0.15, 0.2) is 0 Å². The van der Waals surface area contributed by atoms with E-state index in [1.165, 1.54) is 12.1 Å². The Hall–Kier alpha value is -0.460. The second-order valence-electron chi connectivity index (χ2n) is 5.17. The maximum Gasteiger partial charge on any atom is 0.240 e. The van der Waals surface area contributed by atoms with Crippen LogP contribution in [0.4, 0.5) is 4.39 Å². The molecule has 0 spiro atoms. The van der Waals surface area contributed by atoms with E-state index in [4.69, 9.17) is 0 Å². The van der Waals surface area contributed by atoms with E-state index in [1.807, 2.05) is 0 Å². The fraction of sp³-hybridized carbons (Fsp3) is 0.538. The second-order valence-corrected chi connectivity index (χ2v) is 7.73. The molecule has 1 saturated carbocycles. The fourth-order valence-electron chi connectivity index (χ4n) is 2.47. The van der Waals surface area contributed by atoms with Crippen LogP contribution in [0.25, 0.3) is 0 Å². The average Bonchev–Trinajstić information content (AvgIpc) is 2.32. The van der Waals surface area contributed by atoms with E-state index in [2.05, 4.69) is 27.6 Å². The number of sulfonamides is 1. The molecule has 0 saturated heterocycles. The Morgan fingerprint density at radius 3 is 2.74 bits per heavy atom. The van der Waals surface area contributed by atoms with Crippen LogP contribution in [0.15, 0.2) is 27.6 Å². The third-order valence-corrected chi connectivity index (χ3v) is 5.62. The van der Waals surface area contributed by atoms with Gasteiger partial charge in [-0.3, -0.25) is 0 Å². The van der Waals surface area contributed by atoms with Gasteiger partial charge in [0.1, 0.15) is 5.82 Å². The number of nitrogens with one attached hydrogen (secondary N) is 1. The summed E-state index contributed by atoms with van der Waals surface area (Å²) in [6.07, 6.45) is 3.87. The predicted octanol–water partition coefficient (Wildman–Crippen LogP) is 3.45. The van der Waals surface area contributed by atoms with Gasteiger partial charge in [-0.2, -0.15) is 0 Å². The second kappa shape index (κ2) is 5.89. The van der Waals surface area contributed by atoms with Gasteiger partial charge in [-0.05, 0) is 52.9 Å². The van der Waals surface area contributed by atoms with Crippen LogP contribution in [-0.4, -0.2) is 14.5 Å². The Kier molecular flexibility index (Phi) is 4.63. The topological polar surface area (TPSA) is 46.2 Å². The largest absolute Gasteiger partial charge is 0.240 e. The van der Waals surface area contributed by atoms with Gasteiger partial charge in [0, 0.05) is 6.04 Å². The van der Waals surface area contributed by atoms with Crippen LogP contribution in [0.1, 0.15) is 32.6 Å². The molecular weight excluding hydrogens is 333 g/mol. The van der Waals surface area contributed by atoms with Crippen molar-refractivity contribution in [2.24, 2.45) is 5.92 Å². The number of hydrogen-bond acceptors (Lipinski definition) is 2. The third-order valence-electron chi connectivity index (χ3n) is 3.46. The number of rotatable bonds is 3. The standard InChI is InChI=1S/C13H17BrFNO2S/c1-9-3-2-4-10(7-9)16-19(17,18)11-5-6-12(14)13(15)8-11/h5-6,8-10,16H,2-4,7H2,1H3. The van der Waals surface area contributed by atoms with Gasteiger partial charge >= 0.3 is 0 Å². The van der Waals surface area contributed by atoms with Crippen LogP contribution >= 0.6 is 15.9 Å². The third kappa shape index (κ3) is 3.77. The highest BCUT2D eigenvalue weighted by atomic mass is 79.9. The SMILES string of the molecule is CC1CCCC(NS(=O)(=O)c2ccc(Br)c(F)c2)C1. The quantitative estimate of drug-likeness (QED) is 0.908. The van der Waals surface area contributed by atoms with E-state index in [1.54, 1.807) is 0 Å². The maximum absolute atomic E-state index is 13.4. The molecule has 2 rings (SSSR count). The monoisotopic (exact) mass is 349 g/mol. The van der Waals surface area contributed by atoms with Crippen molar-refractivity contribution in [3.63, 3.8) is 0 Å². The zero-order valence-corrected chi connectivity index (χ0v) is 13.1. The maximum atomic E-state index is 13.4. The van der Waals surface area contributed by atoms with Gasteiger partial charge in [0.05, 0.1) is 9.37 Å². The van der Waals surface area contributed by atoms with Crippen LogP contribution in [0.2, 0.25) is 0 Å². The molecule has 0 bridgehead atoms. The Morgan fingerprint density at radius 1 is 1.37 bits per heavy atom. The predicted molar refractivity (Wildman–Crippen MR) is 75.8 cm³/mol. The zero-order chi connectivity index (χ0) is 14.0. The van der Waals surface area contributed by atoms with E-state index in [0.717, 1.165) is 31.7 Å². The molecule has 0 aromatic heterocycles. The Morgan fingerprint density at radius 2 is 2.11 bits per heavy atom. The minimum atomic E-state index is -3.63. The molecule has 6 heteroatoms. The summed E-state index contributed by atoms with van der Waals surface area (Å²) in [5.41, 5.74) is 0. The molecular formula is C13H17BrFNO2S. The number of benzene rings is 1. The van der Waals surface area contributed by atoms with Crippen LogP contribution in [0, 0.1) is 11.7 Å². The molecule has 3 nitrogen and oxygen atoms in total. The van der Waals surface area contributed by atoms with Crippen molar-refractivity contribution >= 4 is 26.0 Å². The summed E-state index contributed by atoms with van der Waals surface area (Å²) in [5.74, 6) is -0.0389. The molecule has 19 heavy (non-hydrogen) atoms. The van der Waals surface area contributed by atoms with Crippen molar-refractivity contribution in [2.45, 2.75) is 43.5 Å². The summed E-state index contributed by atoms with van der Waals surface area (Å²) >= 11 is 3.01. The first-order valence-electron chi connectivity index (χ1n) is 6.36. The normalized spacial score (nSPS) is 24.4. The molecule has 0 heterocycles. The lowest BCUT2D eigenvalue weighted by Crippen LogP contribution is -2.37. The summed E-state index contributed by atoms with van der Waals surface area (Å²) in [4.78, 5) is -0.0218. The van der Waals surface area contributed by atoms with Crippen molar-refractivity contribution in [1.29, 1.82) is 0 Å². The van der Waals surface area contributed by atoms with Gasteiger partial charge in [0.25, 0.3) is 0 Å². The Bertz CT molecular complexity index is 562. The lowest BCUT2D eigenvalue weighted by molar-refractivity contribution is 0.327. The van der Waals surface area contributed by atoms with E-state index < -0.39 is 15.8 Å². The van der Waals surface area contributed by atoms with Crippen molar-refractivity contribution in [1.82, 2.24) is 4.72 Å². The lowest BCUT2D eigenvalue weighted by atomic mass is 9.88. The van der Waals surface area contributed by atoms with Gasteiger partial charge in [0.2, 0.25) is 10.0 Å². The number of hydrogen-bond donors (Lipinski definition) is 1. The van der Waals surface area contributed by atoms with Crippen molar-refractivity contribution < 1.29 is 12.8 Å². The first-order chi connectivity index (χ1) is 8.88. The Labute approximate surface area is 121 Å². The Balaban J connectivity index is 2.15. The summed E-state index contributed by atoms with van der Waals surface area (Å²) in [6, 6.07) is 3.81. The first kappa shape index (κ1) is 14.9.